The number of sulfone groups is 1. The minimum Gasteiger partial charge on any atom is -0.388 e. The summed E-state index contributed by atoms with van der Waals surface area (Å²) in [6.45, 7) is 6.53. The normalized spacial score (nSPS) is 24.6. The maximum Gasteiger partial charge on any atom is 0.238 e. The fourth-order valence-electron chi connectivity index (χ4n) is 1.79. The molecule has 0 bridgehead atoms. The molecule has 0 saturated carbocycles. The van der Waals surface area contributed by atoms with Gasteiger partial charge in [0.25, 0.3) is 0 Å². The van der Waals surface area contributed by atoms with E-state index >= 15 is 0 Å². The van der Waals surface area contributed by atoms with Crippen LogP contribution in [-0.4, -0.2) is 41.6 Å². The number of hydrogen-bond acceptors (Lipinski definition) is 4. The third kappa shape index (κ3) is 3.23. The lowest BCUT2D eigenvalue weighted by atomic mass is 9.86. The van der Waals surface area contributed by atoms with Crippen molar-refractivity contribution in [3.8, 4) is 0 Å². The third-order valence-corrected chi connectivity index (χ3v) is 6.01. The van der Waals surface area contributed by atoms with Gasteiger partial charge in [-0.15, -0.1) is 0 Å². The Morgan fingerprint density at radius 2 is 1.78 bits per heavy atom. The first-order chi connectivity index (χ1) is 7.97. The van der Waals surface area contributed by atoms with Gasteiger partial charge in [0, 0.05) is 0 Å². The molecule has 106 valence electrons. The van der Waals surface area contributed by atoms with Crippen molar-refractivity contribution in [2.75, 3.05) is 5.75 Å². The summed E-state index contributed by atoms with van der Waals surface area (Å²) in [5.74, 6) is -0.421. The second kappa shape index (κ2) is 4.81. The number of nitrogens with one attached hydrogen (secondary N) is 1. The zero-order valence-corrected chi connectivity index (χ0v) is 12.3. The standard InChI is InChI=1S/C12H23NO4S/c1-11(2,12(3,4)15)13-10(14)9-7-5-6-8-18(9,16)17/h9,15H,5-8H2,1-4H3,(H,13,14). The van der Waals surface area contributed by atoms with E-state index < -0.39 is 32.1 Å². The van der Waals surface area contributed by atoms with Gasteiger partial charge in [0.2, 0.25) is 5.91 Å². The van der Waals surface area contributed by atoms with Gasteiger partial charge in [0.15, 0.2) is 9.84 Å². The average Bonchev–Trinajstić information content (AvgIpc) is 2.13. The van der Waals surface area contributed by atoms with Crippen molar-refractivity contribution in [3.05, 3.63) is 0 Å². The summed E-state index contributed by atoms with van der Waals surface area (Å²) in [5.41, 5.74) is -2.00. The molecule has 0 radical (unpaired) electrons. The molecule has 5 nitrogen and oxygen atoms in total. The number of amides is 1. The molecule has 1 fully saturated rings. The Kier molecular flexibility index (Phi) is 4.13. The largest absolute Gasteiger partial charge is 0.388 e. The van der Waals surface area contributed by atoms with E-state index in [4.69, 9.17) is 0 Å². The van der Waals surface area contributed by atoms with Crippen LogP contribution in [0.3, 0.4) is 0 Å². The van der Waals surface area contributed by atoms with Crippen LogP contribution in [0.15, 0.2) is 0 Å². The van der Waals surface area contributed by atoms with Crippen LogP contribution in [0, 0.1) is 0 Å². The Morgan fingerprint density at radius 1 is 1.22 bits per heavy atom. The number of hydrogen-bond donors (Lipinski definition) is 2. The molecule has 1 amide bonds. The van der Waals surface area contributed by atoms with Crippen LogP contribution in [0.2, 0.25) is 0 Å². The van der Waals surface area contributed by atoms with Gasteiger partial charge in [-0.1, -0.05) is 6.42 Å². The minimum absolute atomic E-state index is 0.0774. The molecule has 0 aromatic rings. The van der Waals surface area contributed by atoms with E-state index in [-0.39, 0.29) is 5.75 Å². The van der Waals surface area contributed by atoms with E-state index in [9.17, 15) is 18.3 Å². The molecule has 0 aromatic carbocycles. The van der Waals surface area contributed by atoms with E-state index in [2.05, 4.69) is 5.32 Å². The van der Waals surface area contributed by atoms with Gasteiger partial charge in [0.1, 0.15) is 5.25 Å². The van der Waals surface area contributed by atoms with E-state index in [1.165, 1.54) is 0 Å². The van der Waals surface area contributed by atoms with Gasteiger partial charge in [-0.2, -0.15) is 0 Å². The predicted octanol–water partition coefficient (Wildman–Crippen LogP) is 0.619. The maximum absolute atomic E-state index is 12.1. The van der Waals surface area contributed by atoms with Crippen LogP contribution in [0.25, 0.3) is 0 Å². The first kappa shape index (κ1) is 15.4. The summed E-state index contributed by atoms with van der Waals surface area (Å²) in [4.78, 5) is 12.1. The van der Waals surface area contributed by atoms with Gasteiger partial charge in [-0.05, 0) is 40.5 Å². The van der Waals surface area contributed by atoms with Crippen LogP contribution >= 0.6 is 0 Å². The van der Waals surface area contributed by atoms with Gasteiger partial charge < -0.3 is 10.4 Å². The van der Waals surface area contributed by atoms with Crippen LogP contribution in [0.1, 0.15) is 47.0 Å². The van der Waals surface area contributed by atoms with Crippen molar-refractivity contribution in [1.29, 1.82) is 0 Å². The summed E-state index contributed by atoms with van der Waals surface area (Å²) >= 11 is 0. The molecule has 1 aliphatic rings. The summed E-state index contributed by atoms with van der Waals surface area (Å²) in [6.07, 6.45) is 1.75. The number of carbonyl (C=O) groups excluding carboxylic acids is 1. The topological polar surface area (TPSA) is 83.5 Å². The van der Waals surface area contributed by atoms with Gasteiger partial charge >= 0.3 is 0 Å². The highest BCUT2D eigenvalue weighted by atomic mass is 32.2. The van der Waals surface area contributed by atoms with Crippen molar-refractivity contribution in [2.45, 2.75) is 63.3 Å². The van der Waals surface area contributed by atoms with Crippen LogP contribution in [0.4, 0.5) is 0 Å². The first-order valence-corrected chi connectivity index (χ1v) is 7.95. The molecular formula is C12H23NO4S. The average molecular weight is 277 g/mol. The first-order valence-electron chi connectivity index (χ1n) is 6.23. The van der Waals surface area contributed by atoms with Gasteiger partial charge in [-0.3, -0.25) is 4.79 Å². The fourth-order valence-corrected chi connectivity index (χ4v) is 3.59. The highest BCUT2D eigenvalue weighted by Crippen LogP contribution is 2.24. The lowest BCUT2D eigenvalue weighted by molar-refractivity contribution is -0.125. The van der Waals surface area contributed by atoms with Crippen molar-refractivity contribution < 1.29 is 18.3 Å². The Labute approximate surface area is 109 Å². The minimum atomic E-state index is -3.33. The Hall–Kier alpha value is -0.620. The molecule has 6 heteroatoms. The predicted molar refractivity (Wildman–Crippen MR) is 69.9 cm³/mol. The molecule has 0 spiro atoms. The molecule has 0 aromatic heterocycles. The quantitative estimate of drug-likeness (QED) is 0.792. The molecule has 1 aliphatic heterocycles. The monoisotopic (exact) mass is 277 g/mol. The van der Waals surface area contributed by atoms with Crippen molar-refractivity contribution in [2.24, 2.45) is 0 Å². The molecule has 1 saturated heterocycles. The summed E-state index contributed by atoms with van der Waals surface area (Å²) in [7, 11) is -3.33. The lowest BCUT2D eigenvalue weighted by Crippen LogP contribution is -2.60. The fraction of sp³-hybridized carbons (Fsp3) is 0.917. The molecule has 1 heterocycles. The van der Waals surface area contributed by atoms with E-state index in [1.54, 1.807) is 27.7 Å². The van der Waals surface area contributed by atoms with E-state index in [0.29, 0.717) is 12.8 Å². The van der Waals surface area contributed by atoms with Crippen molar-refractivity contribution in [3.63, 3.8) is 0 Å². The smallest absolute Gasteiger partial charge is 0.238 e. The Balaban J connectivity index is 2.83. The third-order valence-electron chi connectivity index (χ3n) is 3.84. The van der Waals surface area contributed by atoms with E-state index in [0.717, 1.165) is 6.42 Å². The molecule has 18 heavy (non-hydrogen) atoms. The zero-order valence-electron chi connectivity index (χ0n) is 11.5. The molecule has 1 atom stereocenters. The Morgan fingerprint density at radius 3 is 2.22 bits per heavy atom. The molecule has 1 unspecified atom stereocenters. The van der Waals surface area contributed by atoms with Gasteiger partial charge in [-0.25, -0.2) is 8.42 Å². The van der Waals surface area contributed by atoms with E-state index in [1.807, 2.05) is 0 Å². The molecule has 1 rings (SSSR count). The van der Waals surface area contributed by atoms with Crippen molar-refractivity contribution >= 4 is 15.7 Å². The highest BCUT2D eigenvalue weighted by Gasteiger charge is 2.41. The molecule has 0 aliphatic carbocycles. The lowest BCUT2D eigenvalue weighted by Gasteiger charge is -2.39. The molecular weight excluding hydrogens is 254 g/mol. The summed E-state index contributed by atoms with van der Waals surface area (Å²) < 4.78 is 23.7. The SMILES string of the molecule is CC(C)(O)C(C)(C)NC(=O)C1CCCCS1(=O)=O. The number of rotatable bonds is 3. The van der Waals surface area contributed by atoms with Crippen LogP contribution in [-0.2, 0) is 14.6 Å². The second-order valence-corrected chi connectivity index (χ2v) is 8.33. The van der Waals surface area contributed by atoms with Crippen molar-refractivity contribution in [1.82, 2.24) is 5.32 Å². The van der Waals surface area contributed by atoms with Gasteiger partial charge in [0.05, 0.1) is 16.9 Å². The summed E-state index contributed by atoms with van der Waals surface area (Å²) in [6, 6.07) is 0. The van der Waals surface area contributed by atoms with Crippen LogP contribution < -0.4 is 5.32 Å². The zero-order chi connectivity index (χ0) is 14.2. The number of aliphatic hydroxyl groups is 1. The second-order valence-electron chi connectivity index (χ2n) is 6.02. The Bertz CT molecular complexity index is 420. The maximum atomic E-state index is 12.1. The number of carbonyl (C=O) groups is 1. The molecule has 2 N–H and O–H groups in total. The van der Waals surface area contributed by atoms with Crippen LogP contribution in [0.5, 0.6) is 0 Å². The summed E-state index contributed by atoms with van der Waals surface area (Å²) in [5, 5.41) is 11.6. The highest BCUT2D eigenvalue weighted by molar-refractivity contribution is 7.92.